The van der Waals surface area contributed by atoms with E-state index in [0.29, 0.717) is 17.0 Å². The molecule has 1 aromatic heterocycles. The van der Waals surface area contributed by atoms with Crippen LogP contribution in [0.2, 0.25) is 0 Å². The van der Waals surface area contributed by atoms with Crippen molar-refractivity contribution in [2.75, 3.05) is 0 Å². The summed E-state index contributed by atoms with van der Waals surface area (Å²) in [5.41, 5.74) is 2.24. The Bertz CT molecular complexity index is 1260. The largest absolute Gasteiger partial charge is 0.241 e. The van der Waals surface area contributed by atoms with Crippen LogP contribution in [-0.2, 0) is 16.4 Å². The lowest BCUT2D eigenvalue weighted by molar-refractivity contribution is 0.554. The van der Waals surface area contributed by atoms with Gasteiger partial charge >= 0.3 is 0 Å². The van der Waals surface area contributed by atoms with Crippen molar-refractivity contribution < 1.29 is 8.42 Å². The maximum Gasteiger partial charge on any atom is 0.241 e. The van der Waals surface area contributed by atoms with Crippen molar-refractivity contribution in [2.24, 2.45) is 0 Å². The topological polar surface area (TPSA) is 82.9 Å². The smallest absolute Gasteiger partial charge is 0.239 e. The van der Waals surface area contributed by atoms with Crippen LogP contribution >= 0.6 is 11.3 Å². The average Bonchev–Trinajstić information content (AvgIpc) is 3.18. The first-order valence-electron chi connectivity index (χ1n) is 8.97. The van der Waals surface area contributed by atoms with E-state index in [1.165, 1.54) is 11.3 Å². The van der Waals surface area contributed by atoms with E-state index in [1.807, 2.05) is 30.3 Å². The highest BCUT2D eigenvalue weighted by Crippen LogP contribution is 2.29. The number of hydrogen-bond acceptors (Lipinski definition) is 5. The third kappa shape index (κ3) is 4.35. The van der Waals surface area contributed by atoms with Gasteiger partial charge in [0.25, 0.3) is 0 Å². The summed E-state index contributed by atoms with van der Waals surface area (Å²) in [7, 11) is -3.73. The fraction of sp³-hybridized carbons (Fsp3) is 0.0909. The number of fused-ring (bicyclic) bond motifs is 1. The number of thiazole rings is 1. The van der Waals surface area contributed by atoms with Gasteiger partial charge < -0.3 is 0 Å². The number of para-hydroxylation sites is 1. The predicted octanol–water partition coefficient (Wildman–Crippen LogP) is 4.43. The molecule has 1 atom stereocenters. The molecule has 29 heavy (non-hydrogen) atoms. The van der Waals surface area contributed by atoms with Gasteiger partial charge in [0.2, 0.25) is 10.0 Å². The zero-order chi connectivity index (χ0) is 20.3. The van der Waals surface area contributed by atoms with Crippen LogP contribution in [0.4, 0.5) is 0 Å². The van der Waals surface area contributed by atoms with Crippen molar-refractivity contribution in [3.8, 4) is 6.07 Å². The molecule has 0 amide bonds. The van der Waals surface area contributed by atoms with Crippen LogP contribution < -0.4 is 4.72 Å². The molecule has 0 saturated heterocycles. The van der Waals surface area contributed by atoms with E-state index in [2.05, 4.69) is 15.8 Å². The van der Waals surface area contributed by atoms with Crippen LogP contribution in [0.3, 0.4) is 0 Å². The fourth-order valence-electron chi connectivity index (χ4n) is 3.08. The molecule has 0 unspecified atom stereocenters. The van der Waals surface area contributed by atoms with Crippen molar-refractivity contribution in [3.63, 3.8) is 0 Å². The minimum absolute atomic E-state index is 0.205. The van der Waals surface area contributed by atoms with Gasteiger partial charge in [-0.1, -0.05) is 42.5 Å². The standard InChI is InChI=1S/C22H17N3O2S2/c23-15-17-8-6-7-16(13-17)14-20(22-24-19-11-4-5-12-21(19)28-22)25-29(26,27)18-9-2-1-3-10-18/h1-13,20,25H,14H2/t20-/m1/s1. The van der Waals surface area contributed by atoms with E-state index < -0.39 is 16.1 Å². The number of nitrogens with zero attached hydrogens (tertiary/aromatic N) is 2. The van der Waals surface area contributed by atoms with E-state index >= 15 is 0 Å². The Morgan fingerprint density at radius 1 is 1.00 bits per heavy atom. The molecule has 144 valence electrons. The summed E-state index contributed by atoms with van der Waals surface area (Å²) in [5, 5.41) is 9.86. The summed E-state index contributed by atoms with van der Waals surface area (Å²) in [5.74, 6) is 0. The first-order valence-corrected chi connectivity index (χ1v) is 11.3. The highest BCUT2D eigenvalue weighted by atomic mass is 32.2. The van der Waals surface area contributed by atoms with E-state index in [9.17, 15) is 13.7 Å². The maximum absolute atomic E-state index is 13.0. The van der Waals surface area contributed by atoms with Crippen LogP contribution in [0.25, 0.3) is 10.2 Å². The van der Waals surface area contributed by atoms with Crippen LogP contribution in [0.15, 0.2) is 83.8 Å². The summed E-state index contributed by atoms with van der Waals surface area (Å²) in [6.07, 6.45) is 0.390. The lowest BCUT2D eigenvalue weighted by atomic mass is 10.0. The second-order valence-electron chi connectivity index (χ2n) is 6.52. The maximum atomic E-state index is 13.0. The number of sulfonamides is 1. The zero-order valence-electron chi connectivity index (χ0n) is 15.3. The quantitative estimate of drug-likeness (QED) is 0.501. The molecule has 1 heterocycles. The van der Waals surface area contributed by atoms with Gasteiger partial charge in [0, 0.05) is 0 Å². The summed E-state index contributed by atoms with van der Waals surface area (Å²) in [6, 6.07) is 24.8. The van der Waals surface area contributed by atoms with Gasteiger partial charge in [0.15, 0.2) is 0 Å². The molecule has 0 aliphatic heterocycles. The minimum Gasteiger partial charge on any atom is -0.239 e. The molecule has 0 spiro atoms. The molecule has 5 nitrogen and oxygen atoms in total. The molecule has 0 fully saturated rings. The molecule has 7 heteroatoms. The molecule has 0 bridgehead atoms. The van der Waals surface area contributed by atoms with Crippen LogP contribution in [0, 0.1) is 11.3 Å². The molecule has 0 aliphatic rings. The lowest BCUT2D eigenvalue weighted by Crippen LogP contribution is -2.30. The Labute approximate surface area is 173 Å². The Morgan fingerprint density at radius 3 is 2.52 bits per heavy atom. The highest BCUT2D eigenvalue weighted by molar-refractivity contribution is 7.89. The van der Waals surface area contributed by atoms with Gasteiger partial charge in [0.1, 0.15) is 5.01 Å². The molecule has 4 rings (SSSR count). The molecule has 4 aromatic rings. The predicted molar refractivity (Wildman–Crippen MR) is 114 cm³/mol. The fourth-order valence-corrected chi connectivity index (χ4v) is 5.39. The van der Waals surface area contributed by atoms with E-state index in [-0.39, 0.29) is 4.90 Å². The summed E-state index contributed by atoms with van der Waals surface area (Å²) >= 11 is 1.47. The first-order chi connectivity index (χ1) is 14.0. The van der Waals surface area contributed by atoms with E-state index in [0.717, 1.165) is 15.8 Å². The van der Waals surface area contributed by atoms with Gasteiger partial charge in [-0.25, -0.2) is 18.1 Å². The van der Waals surface area contributed by atoms with Crippen molar-refractivity contribution in [2.45, 2.75) is 17.4 Å². The first kappa shape index (κ1) is 19.3. The number of benzene rings is 3. The van der Waals surface area contributed by atoms with Gasteiger partial charge in [-0.2, -0.15) is 5.26 Å². The summed E-state index contributed by atoms with van der Waals surface area (Å²) in [6.45, 7) is 0. The summed E-state index contributed by atoms with van der Waals surface area (Å²) in [4.78, 5) is 4.86. The normalized spacial score (nSPS) is 12.5. The lowest BCUT2D eigenvalue weighted by Gasteiger charge is -2.17. The third-order valence-electron chi connectivity index (χ3n) is 4.46. The van der Waals surface area contributed by atoms with Crippen LogP contribution in [-0.4, -0.2) is 13.4 Å². The molecular weight excluding hydrogens is 402 g/mol. The Balaban J connectivity index is 1.73. The van der Waals surface area contributed by atoms with Gasteiger partial charge in [-0.3, -0.25) is 0 Å². The monoisotopic (exact) mass is 419 g/mol. The van der Waals surface area contributed by atoms with Gasteiger partial charge in [-0.05, 0) is 48.4 Å². The average molecular weight is 420 g/mol. The van der Waals surface area contributed by atoms with Crippen molar-refractivity contribution in [3.05, 3.63) is 95.0 Å². The third-order valence-corrected chi connectivity index (χ3v) is 7.09. The van der Waals surface area contributed by atoms with Crippen molar-refractivity contribution in [1.29, 1.82) is 5.26 Å². The number of aromatic nitrogens is 1. The molecule has 0 saturated carbocycles. The van der Waals surface area contributed by atoms with Crippen LogP contribution in [0.1, 0.15) is 22.2 Å². The molecule has 3 aromatic carbocycles. The Hall–Kier alpha value is -3.05. The number of rotatable bonds is 6. The molecule has 0 radical (unpaired) electrons. The van der Waals surface area contributed by atoms with Crippen molar-refractivity contribution in [1.82, 2.24) is 9.71 Å². The molecule has 0 aliphatic carbocycles. The number of hydrogen-bond donors (Lipinski definition) is 1. The van der Waals surface area contributed by atoms with E-state index in [4.69, 9.17) is 0 Å². The summed E-state index contributed by atoms with van der Waals surface area (Å²) < 4.78 is 29.7. The minimum atomic E-state index is -3.73. The van der Waals surface area contributed by atoms with Gasteiger partial charge in [-0.15, -0.1) is 11.3 Å². The Morgan fingerprint density at radius 2 is 1.76 bits per heavy atom. The Kier molecular flexibility index (Phi) is 5.41. The second kappa shape index (κ2) is 8.13. The SMILES string of the molecule is N#Cc1cccc(C[C@@H](NS(=O)(=O)c2ccccc2)c2nc3ccccc3s2)c1. The van der Waals surface area contributed by atoms with Crippen LogP contribution in [0.5, 0.6) is 0 Å². The molecule has 1 N–H and O–H groups in total. The van der Waals surface area contributed by atoms with E-state index in [1.54, 1.807) is 48.5 Å². The van der Waals surface area contributed by atoms with Crippen molar-refractivity contribution >= 4 is 31.6 Å². The number of nitriles is 1. The zero-order valence-corrected chi connectivity index (χ0v) is 17.0. The van der Waals surface area contributed by atoms with Gasteiger partial charge in [0.05, 0.1) is 32.8 Å². The highest BCUT2D eigenvalue weighted by Gasteiger charge is 2.24. The number of nitrogens with one attached hydrogen (secondary N) is 1. The second-order valence-corrected chi connectivity index (χ2v) is 9.30. The molecular formula is C22H17N3O2S2.